The quantitative estimate of drug-likeness (QED) is 0.374. The fraction of sp³-hybridized carbons (Fsp3) is 0.136. The third-order valence-corrected chi connectivity index (χ3v) is 5.62. The molecule has 11 heteroatoms. The Labute approximate surface area is 192 Å². The van der Waals surface area contributed by atoms with Gasteiger partial charge in [0, 0.05) is 31.3 Å². The van der Waals surface area contributed by atoms with Gasteiger partial charge in [-0.05, 0) is 47.2 Å². The van der Waals surface area contributed by atoms with Crippen LogP contribution in [0.1, 0.15) is 11.1 Å². The van der Waals surface area contributed by atoms with E-state index < -0.39 is 22.0 Å². The molecule has 10 nitrogen and oxygen atoms in total. The van der Waals surface area contributed by atoms with E-state index in [1.165, 1.54) is 30.4 Å². The molecule has 0 aromatic heterocycles. The van der Waals surface area contributed by atoms with Crippen molar-refractivity contribution in [2.75, 3.05) is 19.9 Å². The molecule has 0 saturated carbocycles. The van der Waals surface area contributed by atoms with Crippen molar-refractivity contribution in [3.8, 4) is 11.5 Å². The normalized spacial score (nSPS) is 16.1. The van der Waals surface area contributed by atoms with Crippen LogP contribution in [0.3, 0.4) is 0 Å². The molecule has 3 amide bonds. The number of carbonyl (C=O) groups is 3. The SMILES string of the molecule is O=C(/C=C/c1cccc([N+](=O)[O-])c1)NCCN1C(=O)S/C(=C\c2ccc3c(c2)OCO3)C1=O. The van der Waals surface area contributed by atoms with E-state index in [2.05, 4.69) is 5.32 Å². The van der Waals surface area contributed by atoms with Crippen LogP contribution in [0.15, 0.2) is 53.4 Å². The Kier molecular flexibility index (Phi) is 6.41. The van der Waals surface area contributed by atoms with Gasteiger partial charge in [-0.25, -0.2) is 0 Å². The monoisotopic (exact) mass is 467 g/mol. The fourth-order valence-electron chi connectivity index (χ4n) is 3.11. The average Bonchev–Trinajstić information content (AvgIpc) is 3.37. The summed E-state index contributed by atoms with van der Waals surface area (Å²) in [5.74, 6) is 0.299. The summed E-state index contributed by atoms with van der Waals surface area (Å²) >= 11 is 0.825. The highest BCUT2D eigenvalue weighted by atomic mass is 32.2. The lowest BCUT2D eigenvalue weighted by atomic mass is 10.2. The summed E-state index contributed by atoms with van der Waals surface area (Å²) in [5.41, 5.74) is 1.12. The molecule has 2 aliphatic rings. The molecule has 4 rings (SSSR count). The molecule has 0 aliphatic carbocycles. The van der Waals surface area contributed by atoms with Crippen LogP contribution in [0.2, 0.25) is 0 Å². The number of rotatable bonds is 7. The topological polar surface area (TPSA) is 128 Å². The zero-order valence-corrected chi connectivity index (χ0v) is 17.9. The Bertz CT molecular complexity index is 1210. The van der Waals surface area contributed by atoms with Gasteiger partial charge >= 0.3 is 0 Å². The molecule has 1 N–H and O–H groups in total. The number of non-ortho nitro benzene ring substituents is 1. The van der Waals surface area contributed by atoms with Crippen LogP contribution < -0.4 is 14.8 Å². The number of carbonyl (C=O) groups excluding carboxylic acids is 3. The maximum Gasteiger partial charge on any atom is 0.293 e. The van der Waals surface area contributed by atoms with E-state index >= 15 is 0 Å². The molecule has 0 radical (unpaired) electrons. The van der Waals surface area contributed by atoms with E-state index in [9.17, 15) is 24.5 Å². The number of ether oxygens (including phenoxy) is 2. The minimum absolute atomic E-state index is 0.0134. The van der Waals surface area contributed by atoms with Crippen molar-refractivity contribution >= 4 is 46.7 Å². The maximum atomic E-state index is 12.6. The molecular weight excluding hydrogens is 450 g/mol. The van der Waals surface area contributed by atoms with Gasteiger partial charge in [-0.1, -0.05) is 18.2 Å². The predicted molar refractivity (Wildman–Crippen MR) is 120 cm³/mol. The molecule has 2 heterocycles. The second-order valence-electron chi connectivity index (χ2n) is 6.92. The van der Waals surface area contributed by atoms with Gasteiger partial charge in [-0.3, -0.25) is 29.4 Å². The molecule has 0 unspecified atom stereocenters. The Morgan fingerprint density at radius 1 is 1.15 bits per heavy atom. The maximum absolute atomic E-state index is 12.6. The highest BCUT2D eigenvalue weighted by Crippen LogP contribution is 2.36. The number of fused-ring (bicyclic) bond motifs is 1. The van der Waals surface area contributed by atoms with Gasteiger partial charge < -0.3 is 14.8 Å². The van der Waals surface area contributed by atoms with Crippen LogP contribution in [0.25, 0.3) is 12.2 Å². The van der Waals surface area contributed by atoms with Gasteiger partial charge in [0.2, 0.25) is 12.7 Å². The first-order valence-corrected chi connectivity index (χ1v) is 10.6. The lowest BCUT2D eigenvalue weighted by Gasteiger charge is -2.12. The fourth-order valence-corrected chi connectivity index (χ4v) is 3.98. The minimum Gasteiger partial charge on any atom is -0.454 e. The van der Waals surface area contributed by atoms with E-state index in [1.807, 2.05) is 0 Å². The number of hydrogen-bond acceptors (Lipinski definition) is 8. The molecule has 168 valence electrons. The number of nitro benzene ring substituents is 1. The summed E-state index contributed by atoms with van der Waals surface area (Å²) in [6.07, 6.45) is 4.27. The first-order chi connectivity index (χ1) is 15.9. The smallest absolute Gasteiger partial charge is 0.293 e. The zero-order valence-electron chi connectivity index (χ0n) is 17.1. The summed E-state index contributed by atoms with van der Waals surface area (Å²) in [7, 11) is 0. The highest BCUT2D eigenvalue weighted by Gasteiger charge is 2.34. The molecule has 0 atom stereocenters. The van der Waals surface area contributed by atoms with E-state index in [-0.39, 0.29) is 30.5 Å². The standard InChI is InChI=1S/C22H17N3O7S/c26-20(7-5-14-2-1-3-16(10-14)25(29)30)23-8-9-24-21(27)19(33-22(24)28)12-15-4-6-17-18(11-15)32-13-31-17/h1-7,10-12H,8-9,13H2,(H,23,26)/b7-5+,19-12-. The van der Waals surface area contributed by atoms with Crippen molar-refractivity contribution < 1.29 is 28.8 Å². The number of nitrogens with one attached hydrogen (secondary N) is 1. The van der Waals surface area contributed by atoms with E-state index in [0.29, 0.717) is 22.6 Å². The number of hydrogen-bond donors (Lipinski definition) is 1. The molecule has 2 aromatic carbocycles. The van der Waals surface area contributed by atoms with Gasteiger partial charge in [0.1, 0.15) is 0 Å². The Hall–Kier alpha value is -4.12. The number of nitro groups is 1. The Morgan fingerprint density at radius 3 is 2.79 bits per heavy atom. The molecule has 0 bridgehead atoms. The number of imide groups is 1. The minimum atomic E-state index is -0.519. The molecule has 1 saturated heterocycles. The van der Waals surface area contributed by atoms with Gasteiger partial charge in [-0.2, -0.15) is 0 Å². The molecule has 33 heavy (non-hydrogen) atoms. The molecule has 2 aliphatic heterocycles. The van der Waals surface area contributed by atoms with Crippen LogP contribution in [-0.2, 0) is 9.59 Å². The zero-order chi connectivity index (χ0) is 23.4. The largest absolute Gasteiger partial charge is 0.454 e. The summed E-state index contributed by atoms with van der Waals surface area (Å²) in [6.45, 7) is 0.217. The molecule has 0 spiro atoms. The van der Waals surface area contributed by atoms with E-state index in [1.54, 1.807) is 30.3 Å². The summed E-state index contributed by atoms with van der Waals surface area (Å²) in [6, 6.07) is 11.1. The second kappa shape index (κ2) is 9.57. The second-order valence-corrected chi connectivity index (χ2v) is 7.92. The number of benzene rings is 2. The summed E-state index contributed by atoms with van der Waals surface area (Å²) in [4.78, 5) is 48.5. The first kappa shape index (κ1) is 22.1. The van der Waals surface area contributed by atoms with Gasteiger partial charge in [0.15, 0.2) is 11.5 Å². The average molecular weight is 467 g/mol. The lowest BCUT2D eigenvalue weighted by molar-refractivity contribution is -0.384. The van der Waals surface area contributed by atoms with Crippen molar-refractivity contribution in [2.45, 2.75) is 0 Å². The summed E-state index contributed by atoms with van der Waals surface area (Å²) < 4.78 is 10.6. The third kappa shape index (κ3) is 5.21. The number of thioether (sulfide) groups is 1. The predicted octanol–water partition coefficient (Wildman–Crippen LogP) is 3.19. The van der Waals surface area contributed by atoms with Crippen LogP contribution >= 0.6 is 11.8 Å². The number of nitrogens with zero attached hydrogens (tertiary/aromatic N) is 2. The van der Waals surface area contributed by atoms with Crippen molar-refractivity contribution in [3.63, 3.8) is 0 Å². The lowest BCUT2D eigenvalue weighted by Crippen LogP contribution is -2.36. The van der Waals surface area contributed by atoms with Crippen molar-refractivity contribution in [1.82, 2.24) is 10.2 Å². The molecule has 1 fully saturated rings. The van der Waals surface area contributed by atoms with Crippen LogP contribution in [0.5, 0.6) is 11.5 Å². The van der Waals surface area contributed by atoms with Gasteiger partial charge in [-0.15, -0.1) is 0 Å². The van der Waals surface area contributed by atoms with E-state index in [4.69, 9.17) is 9.47 Å². The van der Waals surface area contributed by atoms with Crippen LogP contribution in [-0.4, -0.2) is 46.8 Å². The van der Waals surface area contributed by atoms with Gasteiger partial charge in [0.25, 0.3) is 16.8 Å². The number of amides is 3. The Balaban J connectivity index is 1.31. The van der Waals surface area contributed by atoms with Crippen molar-refractivity contribution in [1.29, 1.82) is 0 Å². The molecular formula is C22H17N3O7S. The van der Waals surface area contributed by atoms with E-state index in [0.717, 1.165) is 16.7 Å². The van der Waals surface area contributed by atoms with Crippen molar-refractivity contribution in [2.24, 2.45) is 0 Å². The van der Waals surface area contributed by atoms with Crippen LogP contribution in [0.4, 0.5) is 10.5 Å². The summed E-state index contributed by atoms with van der Waals surface area (Å²) in [5, 5.41) is 13.0. The van der Waals surface area contributed by atoms with Gasteiger partial charge in [0.05, 0.1) is 9.83 Å². The van der Waals surface area contributed by atoms with Crippen LogP contribution in [0, 0.1) is 10.1 Å². The first-order valence-electron chi connectivity index (χ1n) is 9.76. The third-order valence-electron chi connectivity index (χ3n) is 4.71. The molecule has 2 aromatic rings. The van der Waals surface area contributed by atoms with Crippen molar-refractivity contribution in [3.05, 3.63) is 74.7 Å². The highest BCUT2D eigenvalue weighted by molar-refractivity contribution is 8.18. The Morgan fingerprint density at radius 2 is 1.97 bits per heavy atom.